The van der Waals surface area contributed by atoms with E-state index in [0.29, 0.717) is 0 Å². The molecule has 0 amide bonds. The van der Waals surface area contributed by atoms with E-state index in [-0.39, 0.29) is 22.9 Å². The number of hydrogen-bond donors (Lipinski definition) is 0. The van der Waals surface area contributed by atoms with E-state index in [0.717, 1.165) is 17.2 Å². The lowest BCUT2D eigenvalue weighted by Gasteiger charge is -2.07. The SMILES string of the molecule is Cc1ccccc1COC(=O)c1ccc(Cl)c([N+](=O)[O-])c1. The van der Waals surface area contributed by atoms with E-state index in [1.807, 2.05) is 31.2 Å². The second-order valence-corrected chi connectivity index (χ2v) is 4.83. The van der Waals surface area contributed by atoms with Crippen molar-refractivity contribution < 1.29 is 14.5 Å². The van der Waals surface area contributed by atoms with Gasteiger partial charge in [-0.25, -0.2) is 4.79 Å². The summed E-state index contributed by atoms with van der Waals surface area (Å²) < 4.78 is 5.16. The zero-order valence-electron chi connectivity index (χ0n) is 11.2. The van der Waals surface area contributed by atoms with Crippen LogP contribution < -0.4 is 0 Å². The molecule has 0 heterocycles. The predicted molar refractivity (Wildman–Crippen MR) is 78.4 cm³/mol. The maximum Gasteiger partial charge on any atom is 0.338 e. The van der Waals surface area contributed by atoms with Crippen molar-refractivity contribution in [3.63, 3.8) is 0 Å². The molecule has 2 aromatic carbocycles. The number of halogens is 1. The molecule has 0 unspecified atom stereocenters. The fraction of sp³-hybridized carbons (Fsp3) is 0.133. The molecule has 0 aliphatic carbocycles. The zero-order chi connectivity index (χ0) is 15.4. The molecular formula is C15H12ClNO4. The van der Waals surface area contributed by atoms with Gasteiger partial charge in [-0.15, -0.1) is 0 Å². The summed E-state index contributed by atoms with van der Waals surface area (Å²) in [5.74, 6) is -0.627. The van der Waals surface area contributed by atoms with E-state index in [1.165, 1.54) is 12.1 Å². The van der Waals surface area contributed by atoms with Gasteiger partial charge < -0.3 is 4.74 Å². The van der Waals surface area contributed by atoms with Crippen LogP contribution >= 0.6 is 11.6 Å². The Balaban J connectivity index is 2.12. The maximum absolute atomic E-state index is 11.9. The first kappa shape index (κ1) is 15.0. The van der Waals surface area contributed by atoms with Gasteiger partial charge in [0.1, 0.15) is 11.6 Å². The Morgan fingerprint density at radius 2 is 2.00 bits per heavy atom. The van der Waals surface area contributed by atoms with Gasteiger partial charge in [-0.3, -0.25) is 10.1 Å². The molecule has 0 atom stereocenters. The standard InChI is InChI=1S/C15H12ClNO4/c1-10-4-2-3-5-12(10)9-21-15(18)11-6-7-13(16)14(8-11)17(19)20/h2-8H,9H2,1H3. The van der Waals surface area contributed by atoms with Gasteiger partial charge >= 0.3 is 5.97 Å². The quantitative estimate of drug-likeness (QED) is 0.488. The van der Waals surface area contributed by atoms with Gasteiger partial charge in [0, 0.05) is 6.07 Å². The minimum absolute atomic E-state index is 0.0181. The number of benzene rings is 2. The average molecular weight is 306 g/mol. The lowest BCUT2D eigenvalue weighted by Crippen LogP contribution is -2.06. The van der Waals surface area contributed by atoms with Gasteiger partial charge in [-0.1, -0.05) is 35.9 Å². The molecule has 0 spiro atoms. The van der Waals surface area contributed by atoms with Crippen LogP contribution in [0.4, 0.5) is 5.69 Å². The lowest BCUT2D eigenvalue weighted by molar-refractivity contribution is -0.384. The van der Waals surface area contributed by atoms with Crippen LogP contribution in [0, 0.1) is 17.0 Å². The van der Waals surface area contributed by atoms with E-state index in [2.05, 4.69) is 0 Å². The van der Waals surface area contributed by atoms with Gasteiger partial charge in [-0.2, -0.15) is 0 Å². The lowest BCUT2D eigenvalue weighted by atomic mass is 10.1. The third kappa shape index (κ3) is 3.58. The summed E-state index contributed by atoms with van der Waals surface area (Å²) >= 11 is 5.70. The van der Waals surface area contributed by atoms with Crippen LogP contribution in [-0.2, 0) is 11.3 Å². The van der Waals surface area contributed by atoms with Crippen LogP contribution in [0.25, 0.3) is 0 Å². The molecule has 0 aromatic heterocycles. The Kier molecular flexibility index (Phi) is 4.55. The van der Waals surface area contributed by atoms with Crippen LogP contribution in [-0.4, -0.2) is 10.9 Å². The maximum atomic E-state index is 11.9. The number of rotatable bonds is 4. The van der Waals surface area contributed by atoms with Gasteiger partial charge in [0.05, 0.1) is 10.5 Å². The first-order valence-corrected chi connectivity index (χ1v) is 6.52. The Bertz CT molecular complexity index is 700. The molecule has 0 bridgehead atoms. The molecule has 5 nitrogen and oxygen atoms in total. The van der Waals surface area contributed by atoms with E-state index < -0.39 is 10.9 Å². The molecule has 0 fully saturated rings. The number of ether oxygens (including phenoxy) is 1. The second kappa shape index (κ2) is 6.37. The highest BCUT2D eigenvalue weighted by molar-refractivity contribution is 6.32. The third-order valence-corrected chi connectivity index (χ3v) is 3.32. The predicted octanol–water partition coefficient (Wildman–Crippen LogP) is 3.91. The first-order chi connectivity index (χ1) is 9.99. The summed E-state index contributed by atoms with van der Waals surface area (Å²) in [6.45, 7) is 2.03. The molecule has 0 aliphatic heterocycles. The molecule has 6 heteroatoms. The smallest absolute Gasteiger partial charge is 0.338 e. The third-order valence-electron chi connectivity index (χ3n) is 3.00. The van der Waals surface area contributed by atoms with E-state index in [9.17, 15) is 14.9 Å². The topological polar surface area (TPSA) is 69.4 Å². The molecule has 0 saturated heterocycles. The van der Waals surface area contributed by atoms with Crippen molar-refractivity contribution in [2.24, 2.45) is 0 Å². The fourth-order valence-electron chi connectivity index (χ4n) is 1.78. The molecule has 21 heavy (non-hydrogen) atoms. The highest BCUT2D eigenvalue weighted by Crippen LogP contribution is 2.25. The van der Waals surface area contributed by atoms with Crippen molar-refractivity contribution in [1.29, 1.82) is 0 Å². The first-order valence-electron chi connectivity index (χ1n) is 6.14. The molecule has 0 N–H and O–H groups in total. The van der Waals surface area contributed by atoms with Crippen LogP contribution in [0.1, 0.15) is 21.5 Å². The van der Waals surface area contributed by atoms with Crippen molar-refractivity contribution in [3.8, 4) is 0 Å². The normalized spacial score (nSPS) is 10.2. The molecule has 0 saturated carbocycles. The minimum Gasteiger partial charge on any atom is -0.457 e. The van der Waals surface area contributed by atoms with E-state index >= 15 is 0 Å². The molecule has 0 aliphatic rings. The van der Waals surface area contributed by atoms with Crippen LogP contribution in [0.5, 0.6) is 0 Å². The fourth-order valence-corrected chi connectivity index (χ4v) is 1.96. The summed E-state index contributed by atoms with van der Waals surface area (Å²) in [5.41, 5.74) is 1.67. The van der Waals surface area contributed by atoms with Crippen molar-refractivity contribution in [1.82, 2.24) is 0 Å². The summed E-state index contributed by atoms with van der Waals surface area (Å²) in [6, 6.07) is 11.3. The van der Waals surface area contributed by atoms with Gasteiger partial charge in [0.2, 0.25) is 0 Å². The molecule has 108 valence electrons. The van der Waals surface area contributed by atoms with Gasteiger partial charge in [0.15, 0.2) is 0 Å². The Morgan fingerprint density at radius 1 is 1.29 bits per heavy atom. The second-order valence-electron chi connectivity index (χ2n) is 4.43. The van der Waals surface area contributed by atoms with E-state index in [4.69, 9.17) is 16.3 Å². The summed E-state index contributed by atoms with van der Waals surface area (Å²) in [6.07, 6.45) is 0. The van der Waals surface area contributed by atoms with Crippen LogP contribution in [0.3, 0.4) is 0 Å². The van der Waals surface area contributed by atoms with Crippen LogP contribution in [0.2, 0.25) is 5.02 Å². The number of aryl methyl sites for hydroxylation is 1. The Labute approximate surface area is 126 Å². The molecule has 2 rings (SSSR count). The van der Waals surface area contributed by atoms with Crippen molar-refractivity contribution in [3.05, 3.63) is 74.3 Å². The molecule has 0 radical (unpaired) electrons. The largest absolute Gasteiger partial charge is 0.457 e. The summed E-state index contributed by atoms with van der Waals surface area (Å²) in [5, 5.41) is 10.8. The highest BCUT2D eigenvalue weighted by Gasteiger charge is 2.17. The Hall–Kier alpha value is -2.40. The minimum atomic E-state index is -0.638. The number of nitrogens with zero attached hydrogens (tertiary/aromatic N) is 1. The Morgan fingerprint density at radius 3 is 2.67 bits per heavy atom. The molecule has 2 aromatic rings. The van der Waals surface area contributed by atoms with Crippen LogP contribution in [0.15, 0.2) is 42.5 Å². The highest BCUT2D eigenvalue weighted by atomic mass is 35.5. The number of carbonyl (C=O) groups excluding carboxylic acids is 1. The zero-order valence-corrected chi connectivity index (χ0v) is 12.0. The van der Waals surface area contributed by atoms with E-state index in [1.54, 1.807) is 0 Å². The monoisotopic (exact) mass is 305 g/mol. The van der Waals surface area contributed by atoms with Crippen molar-refractivity contribution in [2.75, 3.05) is 0 Å². The van der Waals surface area contributed by atoms with Crippen molar-refractivity contribution >= 4 is 23.3 Å². The molecular weight excluding hydrogens is 294 g/mol. The average Bonchev–Trinajstić information content (AvgIpc) is 2.46. The number of carbonyl (C=O) groups is 1. The van der Waals surface area contributed by atoms with Gasteiger partial charge in [-0.05, 0) is 30.2 Å². The summed E-state index contributed by atoms with van der Waals surface area (Å²) in [7, 11) is 0. The summed E-state index contributed by atoms with van der Waals surface area (Å²) in [4.78, 5) is 22.1. The van der Waals surface area contributed by atoms with Crippen molar-refractivity contribution in [2.45, 2.75) is 13.5 Å². The van der Waals surface area contributed by atoms with Gasteiger partial charge in [0.25, 0.3) is 5.69 Å². The number of nitro benzene ring substituents is 1. The number of esters is 1. The number of hydrogen-bond acceptors (Lipinski definition) is 4. The number of nitro groups is 1.